The lowest BCUT2D eigenvalue weighted by atomic mass is 10.3. The molecule has 0 atom stereocenters. The van der Waals surface area contributed by atoms with Gasteiger partial charge in [-0.1, -0.05) is 39.5 Å². The van der Waals surface area contributed by atoms with E-state index in [1.165, 1.54) is 0 Å². The Morgan fingerprint density at radius 1 is 1.25 bits per heavy atom. The van der Waals surface area contributed by atoms with Crippen LogP contribution in [0, 0.1) is 0 Å². The van der Waals surface area contributed by atoms with E-state index in [1.54, 1.807) is 0 Å². The summed E-state index contributed by atoms with van der Waals surface area (Å²) >= 11 is 1.81. The fourth-order valence-corrected chi connectivity index (χ4v) is 1.25. The minimum absolute atomic E-state index is 0.298. The van der Waals surface area contributed by atoms with Crippen molar-refractivity contribution in [3.63, 3.8) is 0 Å². The summed E-state index contributed by atoms with van der Waals surface area (Å²) in [7, 11) is 0. The summed E-state index contributed by atoms with van der Waals surface area (Å²) in [6.45, 7) is 12.5. The Hall–Kier alpha value is -0.430. The molecule has 68 valence electrons. The second-order valence-electron chi connectivity index (χ2n) is 3.61. The molecule has 0 rings (SSSR count). The molecular formula is C11H18S. The van der Waals surface area contributed by atoms with Crippen LogP contribution in [0.3, 0.4) is 0 Å². The second kappa shape index (κ2) is 5.26. The van der Waals surface area contributed by atoms with E-state index in [9.17, 15) is 0 Å². The Morgan fingerprint density at radius 3 is 2.25 bits per heavy atom. The van der Waals surface area contributed by atoms with E-state index in [2.05, 4.69) is 32.8 Å². The normalized spacial score (nSPS) is 13.0. The van der Waals surface area contributed by atoms with E-state index >= 15 is 0 Å². The minimum Gasteiger partial charge on any atom is -0.128 e. The number of rotatable bonds is 3. The first-order valence-corrected chi connectivity index (χ1v) is 4.99. The summed E-state index contributed by atoms with van der Waals surface area (Å²) < 4.78 is 0.298. The highest BCUT2D eigenvalue weighted by atomic mass is 32.2. The molecule has 1 heteroatoms. The molecule has 0 N–H and O–H groups in total. The van der Waals surface area contributed by atoms with Gasteiger partial charge in [-0.2, -0.15) is 0 Å². The topological polar surface area (TPSA) is 0 Å². The molecule has 0 spiro atoms. The standard InChI is InChI=1S/C11H18S/c1-6-7-10(2)8-9-12-11(3,4)5/h6-9H,2H2,1,3-5H3/b7-6?,9-8-. The van der Waals surface area contributed by atoms with Crippen LogP contribution in [0.4, 0.5) is 0 Å². The van der Waals surface area contributed by atoms with Crippen molar-refractivity contribution < 1.29 is 0 Å². The van der Waals surface area contributed by atoms with Crippen molar-refractivity contribution in [2.24, 2.45) is 0 Å². The van der Waals surface area contributed by atoms with Crippen molar-refractivity contribution in [3.05, 3.63) is 35.8 Å². The highest BCUT2D eigenvalue weighted by Crippen LogP contribution is 2.24. The van der Waals surface area contributed by atoms with Crippen LogP contribution in [0.1, 0.15) is 27.7 Å². The Bertz CT molecular complexity index is 192. The first-order chi connectivity index (χ1) is 5.45. The smallest absolute Gasteiger partial charge is 0.0116 e. The maximum Gasteiger partial charge on any atom is 0.0116 e. The predicted molar refractivity (Wildman–Crippen MR) is 60.4 cm³/mol. The Kier molecular flexibility index (Phi) is 5.07. The highest BCUT2D eigenvalue weighted by Gasteiger charge is 2.06. The van der Waals surface area contributed by atoms with Crippen LogP contribution < -0.4 is 0 Å². The summed E-state index contributed by atoms with van der Waals surface area (Å²) in [5, 5.41) is 2.10. The van der Waals surface area contributed by atoms with Crippen LogP contribution in [-0.2, 0) is 0 Å². The van der Waals surface area contributed by atoms with Crippen LogP contribution in [-0.4, -0.2) is 4.75 Å². The molecule has 0 unspecified atom stereocenters. The van der Waals surface area contributed by atoms with Crippen molar-refractivity contribution in [2.45, 2.75) is 32.4 Å². The van der Waals surface area contributed by atoms with Crippen LogP contribution in [0.25, 0.3) is 0 Å². The van der Waals surface area contributed by atoms with E-state index in [1.807, 2.05) is 36.9 Å². The molecule has 0 nitrogen and oxygen atoms in total. The highest BCUT2D eigenvalue weighted by molar-refractivity contribution is 8.03. The van der Waals surface area contributed by atoms with E-state index in [-0.39, 0.29) is 0 Å². The van der Waals surface area contributed by atoms with Gasteiger partial charge in [0.25, 0.3) is 0 Å². The van der Waals surface area contributed by atoms with Gasteiger partial charge in [-0.05, 0) is 24.0 Å². The molecule has 0 aromatic carbocycles. The molecule has 0 saturated carbocycles. The largest absolute Gasteiger partial charge is 0.128 e. The van der Waals surface area contributed by atoms with Crippen molar-refractivity contribution in [1.82, 2.24) is 0 Å². The third-order valence-corrected chi connectivity index (χ3v) is 2.06. The third-order valence-electron chi connectivity index (χ3n) is 1.08. The summed E-state index contributed by atoms with van der Waals surface area (Å²) in [5.41, 5.74) is 1.05. The van der Waals surface area contributed by atoms with Gasteiger partial charge in [0.15, 0.2) is 0 Å². The van der Waals surface area contributed by atoms with E-state index in [4.69, 9.17) is 0 Å². The number of hydrogen-bond donors (Lipinski definition) is 0. The number of allylic oxidation sites excluding steroid dienone is 4. The van der Waals surface area contributed by atoms with Crippen molar-refractivity contribution >= 4 is 11.8 Å². The zero-order chi connectivity index (χ0) is 9.61. The van der Waals surface area contributed by atoms with Gasteiger partial charge in [-0.25, -0.2) is 0 Å². The first-order valence-electron chi connectivity index (χ1n) is 4.11. The summed E-state index contributed by atoms with van der Waals surface area (Å²) in [6.07, 6.45) is 6.03. The molecule has 0 amide bonds. The van der Waals surface area contributed by atoms with Gasteiger partial charge in [-0.3, -0.25) is 0 Å². The fraction of sp³-hybridized carbons (Fsp3) is 0.455. The predicted octanol–water partition coefficient (Wildman–Crippen LogP) is 4.16. The van der Waals surface area contributed by atoms with E-state index < -0.39 is 0 Å². The fourth-order valence-electron chi connectivity index (χ4n) is 0.595. The second-order valence-corrected chi connectivity index (χ2v) is 5.34. The van der Waals surface area contributed by atoms with Gasteiger partial charge in [0.05, 0.1) is 0 Å². The SMILES string of the molecule is C=C(C=CC)/C=C\SC(C)(C)C. The zero-order valence-electron chi connectivity index (χ0n) is 8.42. The molecule has 0 heterocycles. The monoisotopic (exact) mass is 182 g/mol. The molecule has 0 bridgehead atoms. The van der Waals surface area contributed by atoms with Gasteiger partial charge < -0.3 is 0 Å². The number of thioether (sulfide) groups is 1. The third kappa shape index (κ3) is 7.67. The lowest BCUT2D eigenvalue weighted by Crippen LogP contribution is -2.04. The van der Waals surface area contributed by atoms with E-state index in [0.717, 1.165) is 5.57 Å². The van der Waals surface area contributed by atoms with Gasteiger partial charge >= 0.3 is 0 Å². The molecular weight excluding hydrogens is 164 g/mol. The Labute approximate surface area is 80.4 Å². The van der Waals surface area contributed by atoms with E-state index in [0.29, 0.717) is 4.75 Å². The Balaban J connectivity index is 3.85. The van der Waals surface area contributed by atoms with Crippen LogP contribution in [0.15, 0.2) is 35.8 Å². The maximum atomic E-state index is 3.88. The quantitative estimate of drug-likeness (QED) is 0.590. The molecule has 0 aliphatic rings. The molecule has 0 aliphatic carbocycles. The maximum absolute atomic E-state index is 3.88. The van der Waals surface area contributed by atoms with Gasteiger partial charge in [-0.15, -0.1) is 11.8 Å². The van der Waals surface area contributed by atoms with Crippen LogP contribution >= 0.6 is 11.8 Å². The van der Waals surface area contributed by atoms with Crippen LogP contribution in [0.2, 0.25) is 0 Å². The van der Waals surface area contributed by atoms with Gasteiger partial charge in [0, 0.05) is 4.75 Å². The molecule has 12 heavy (non-hydrogen) atoms. The van der Waals surface area contributed by atoms with Crippen molar-refractivity contribution in [2.75, 3.05) is 0 Å². The Morgan fingerprint density at radius 2 is 1.83 bits per heavy atom. The lowest BCUT2D eigenvalue weighted by molar-refractivity contribution is 0.807. The molecule has 0 saturated heterocycles. The first kappa shape index (κ1) is 11.6. The summed E-state index contributed by atoms with van der Waals surface area (Å²) in [5.74, 6) is 0. The summed E-state index contributed by atoms with van der Waals surface area (Å²) in [4.78, 5) is 0. The molecule has 0 aromatic rings. The number of hydrogen-bond acceptors (Lipinski definition) is 1. The molecule has 0 fully saturated rings. The van der Waals surface area contributed by atoms with Crippen LogP contribution in [0.5, 0.6) is 0 Å². The minimum atomic E-state index is 0.298. The van der Waals surface area contributed by atoms with Gasteiger partial charge in [0.1, 0.15) is 0 Å². The molecule has 0 radical (unpaired) electrons. The average molecular weight is 182 g/mol. The van der Waals surface area contributed by atoms with Crippen molar-refractivity contribution in [1.29, 1.82) is 0 Å². The average Bonchev–Trinajstić information content (AvgIpc) is 1.84. The lowest BCUT2D eigenvalue weighted by Gasteiger charge is -2.13. The van der Waals surface area contributed by atoms with Gasteiger partial charge in [0.2, 0.25) is 0 Å². The molecule has 0 aromatic heterocycles. The zero-order valence-corrected chi connectivity index (χ0v) is 9.24. The summed E-state index contributed by atoms with van der Waals surface area (Å²) in [6, 6.07) is 0. The van der Waals surface area contributed by atoms with Crippen molar-refractivity contribution in [3.8, 4) is 0 Å². The molecule has 0 aliphatic heterocycles.